The summed E-state index contributed by atoms with van der Waals surface area (Å²) >= 11 is 1.48. The molecular formula is C28H29NO4S. The molecule has 0 bridgehead atoms. The number of benzene rings is 2. The molecule has 4 rings (SSSR count). The number of Topliss-reactive ketones (excluding diaryl/α,β-unsaturated/α-hetero) is 1. The Morgan fingerprint density at radius 3 is 2.32 bits per heavy atom. The van der Waals surface area contributed by atoms with Crippen molar-refractivity contribution < 1.29 is 19.4 Å². The van der Waals surface area contributed by atoms with Gasteiger partial charge in [-0.1, -0.05) is 32.0 Å². The summed E-state index contributed by atoms with van der Waals surface area (Å²) in [6, 6.07) is 12.5. The number of aliphatic hydroxyl groups is 1. The number of aliphatic hydroxyl groups excluding tert-OH is 1. The Morgan fingerprint density at radius 1 is 1.03 bits per heavy atom. The van der Waals surface area contributed by atoms with Crippen molar-refractivity contribution >= 4 is 34.5 Å². The zero-order valence-electron chi connectivity index (χ0n) is 20.3. The number of carbonyl (C=O) groups is 2. The van der Waals surface area contributed by atoms with Crippen LogP contribution in [-0.4, -0.2) is 23.9 Å². The van der Waals surface area contributed by atoms with Crippen LogP contribution in [0.4, 0.5) is 5.69 Å². The summed E-state index contributed by atoms with van der Waals surface area (Å²) in [6.07, 6.45) is 0. The van der Waals surface area contributed by atoms with E-state index in [9.17, 15) is 14.7 Å². The van der Waals surface area contributed by atoms with Crippen molar-refractivity contribution in [2.45, 2.75) is 46.6 Å². The molecule has 2 aromatic carbocycles. The normalized spacial score (nSPS) is 17.6. The molecule has 0 saturated carbocycles. The third kappa shape index (κ3) is 3.82. The molecular weight excluding hydrogens is 446 g/mol. The number of thiophene rings is 1. The minimum Gasteiger partial charge on any atom is -0.507 e. The molecule has 1 saturated heterocycles. The monoisotopic (exact) mass is 475 g/mol. The number of aryl methyl sites for hydroxylation is 3. The van der Waals surface area contributed by atoms with Crippen LogP contribution in [0.2, 0.25) is 0 Å². The number of anilines is 1. The lowest BCUT2D eigenvalue weighted by Gasteiger charge is -2.26. The zero-order chi connectivity index (χ0) is 24.7. The number of ketones is 1. The average Bonchev–Trinajstić information content (AvgIpc) is 3.33. The highest BCUT2D eigenvalue weighted by atomic mass is 32.1. The van der Waals surface area contributed by atoms with E-state index in [4.69, 9.17) is 4.74 Å². The highest BCUT2D eigenvalue weighted by Crippen LogP contribution is 2.46. The van der Waals surface area contributed by atoms with Crippen LogP contribution in [0, 0.1) is 20.8 Å². The first-order valence-electron chi connectivity index (χ1n) is 11.3. The molecule has 0 radical (unpaired) electrons. The van der Waals surface area contributed by atoms with E-state index < -0.39 is 17.7 Å². The van der Waals surface area contributed by atoms with Crippen molar-refractivity contribution in [3.8, 4) is 5.75 Å². The predicted molar refractivity (Wildman–Crippen MR) is 137 cm³/mol. The van der Waals surface area contributed by atoms with Crippen LogP contribution in [0.1, 0.15) is 58.5 Å². The topological polar surface area (TPSA) is 66.8 Å². The molecule has 0 spiro atoms. The number of ether oxygens (including phenoxy) is 1. The highest BCUT2D eigenvalue weighted by molar-refractivity contribution is 7.10. The van der Waals surface area contributed by atoms with Crippen LogP contribution >= 0.6 is 11.3 Å². The number of rotatable bonds is 5. The van der Waals surface area contributed by atoms with Crippen molar-refractivity contribution in [2.75, 3.05) is 12.0 Å². The Bertz CT molecular complexity index is 1320. The second-order valence-electron chi connectivity index (χ2n) is 8.99. The van der Waals surface area contributed by atoms with E-state index in [-0.39, 0.29) is 17.3 Å². The molecule has 1 unspecified atom stereocenters. The first-order valence-corrected chi connectivity index (χ1v) is 12.1. The van der Waals surface area contributed by atoms with Crippen LogP contribution in [0.3, 0.4) is 0 Å². The summed E-state index contributed by atoms with van der Waals surface area (Å²) < 4.78 is 5.54. The van der Waals surface area contributed by atoms with Gasteiger partial charge in [-0.25, -0.2) is 0 Å². The maximum absolute atomic E-state index is 13.5. The van der Waals surface area contributed by atoms with E-state index >= 15 is 0 Å². The molecule has 5 nitrogen and oxygen atoms in total. The number of hydrogen-bond donors (Lipinski definition) is 1. The first-order chi connectivity index (χ1) is 16.2. The van der Waals surface area contributed by atoms with Crippen molar-refractivity contribution in [3.63, 3.8) is 0 Å². The summed E-state index contributed by atoms with van der Waals surface area (Å²) in [5.74, 6) is -0.597. The number of amides is 1. The highest BCUT2D eigenvalue weighted by Gasteiger charge is 2.48. The van der Waals surface area contributed by atoms with Gasteiger partial charge in [-0.15, -0.1) is 11.3 Å². The van der Waals surface area contributed by atoms with Gasteiger partial charge in [0.05, 0.1) is 12.7 Å². The van der Waals surface area contributed by atoms with Crippen LogP contribution in [0.5, 0.6) is 5.75 Å². The molecule has 1 aliphatic rings. The Morgan fingerprint density at radius 2 is 1.74 bits per heavy atom. The second-order valence-corrected chi connectivity index (χ2v) is 9.93. The maximum Gasteiger partial charge on any atom is 0.300 e. The average molecular weight is 476 g/mol. The van der Waals surface area contributed by atoms with Crippen LogP contribution in [0.15, 0.2) is 53.4 Å². The zero-order valence-corrected chi connectivity index (χ0v) is 21.1. The largest absolute Gasteiger partial charge is 0.507 e. The molecule has 1 aromatic heterocycles. The van der Waals surface area contributed by atoms with Gasteiger partial charge in [-0.3, -0.25) is 14.5 Å². The Kier molecular flexibility index (Phi) is 6.36. The second kappa shape index (κ2) is 9.11. The van der Waals surface area contributed by atoms with Crippen molar-refractivity contribution in [1.82, 2.24) is 0 Å². The molecule has 1 fully saturated rings. The molecule has 2 heterocycles. The van der Waals surface area contributed by atoms with Gasteiger partial charge < -0.3 is 9.84 Å². The van der Waals surface area contributed by atoms with Gasteiger partial charge in [0.1, 0.15) is 17.6 Å². The minimum absolute atomic E-state index is 0.113. The lowest BCUT2D eigenvalue weighted by atomic mass is 9.92. The van der Waals surface area contributed by atoms with Gasteiger partial charge in [-0.2, -0.15) is 0 Å². The van der Waals surface area contributed by atoms with Gasteiger partial charge in [0.2, 0.25) is 0 Å². The third-order valence-electron chi connectivity index (χ3n) is 6.42. The van der Waals surface area contributed by atoms with Crippen molar-refractivity contribution in [3.05, 3.63) is 86.1 Å². The van der Waals surface area contributed by atoms with Crippen LogP contribution < -0.4 is 9.64 Å². The number of carbonyl (C=O) groups excluding carboxylic acids is 2. The fourth-order valence-corrected chi connectivity index (χ4v) is 5.58. The predicted octanol–water partition coefficient (Wildman–Crippen LogP) is 6.43. The fourth-order valence-electron chi connectivity index (χ4n) is 4.55. The van der Waals surface area contributed by atoms with Gasteiger partial charge in [0.25, 0.3) is 11.7 Å². The summed E-state index contributed by atoms with van der Waals surface area (Å²) in [5, 5.41) is 13.5. The molecule has 1 aliphatic heterocycles. The fraction of sp³-hybridized carbons (Fsp3) is 0.286. The SMILES string of the molecule is COc1cc(C)c(/C(O)=C2\C(=O)C(=O)N(c3ccccc3C)C2c2sccc2C)cc1C(C)C. The molecule has 1 atom stereocenters. The summed E-state index contributed by atoms with van der Waals surface area (Å²) in [5.41, 5.74) is 4.85. The molecule has 0 aliphatic carbocycles. The van der Waals surface area contributed by atoms with E-state index in [1.165, 1.54) is 16.2 Å². The summed E-state index contributed by atoms with van der Waals surface area (Å²) in [7, 11) is 1.62. The van der Waals surface area contributed by atoms with E-state index in [2.05, 4.69) is 0 Å². The van der Waals surface area contributed by atoms with Crippen molar-refractivity contribution in [2.24, 2.45) is 0 Å². The minimum atomic E-state index is -0.704. The van der Waals surface area contributed by atoms with Gasteiger partial charge in [-0.05, 0) is 78.6 Å². The molecule has 3 aromatic rings. The smallest absolute Gasteiger partial charge is 0.300 e. The molecule has 1 amide bonds. The van der Waals surface area contributed by atoms with Crippen LogP contribution in [-0.2, 0) is 9.59 Å². The summed E-state index contributed by atoms with van der Waals surface area (Å²) in [6.45, 7) is 9.82. The first kappa shape index (κ1) is 23.8. The van der Waals surface area contributed by atoms with Crippen LogP contribution in [0.25, 0.3) is 5.76 Å². The maximum atomic E-state index is 13.5. The van der Waals surface area contributed by atoms with E-state index in [0.717, 1.165) is 32.9 Å². The third-order valence-corrected chi connectivity index (χ3v) is 7.49. The molecule has 176 valence electrons. The van der Waals surface area contributed by atoms with E-state index in [0.29, 0.717) is 11.3 Å². The van der Waals surface area contributed by atoms with Crippen molar-refractivity contribution in [1.29, 1.82) is 0 Å². The molecule has 34 heavy (non-hydrogen) atoms. The van der Waals surface area contributed by atoms with Gasteiger partial charge in [0.15, 0.2) is 0 Å². The lowest BCUT2D eigenvalue weighted by Crippen LogP contribution is -2.30. The Balaban J connectivity index is 2.00. The Labute approximate surface area is 204 Å². The number of hydrogen-bond acceptors (Lipinski definition) is 5. The van der Waals surface area contributed by atoms with Gasteiger partial charge in [0, 0.05) is 16.1 Å². The number of methoxy groups -OCH3 is 1. The number of nitrogens with zero attached hydrogens (tertiary/aromatic N) is 1. The van der Waals surface area contributed by atoms with E-state index in [1.54, 1.807) is 7.11 Å². The molecule has 6 heteroatoms. The standard InChI is InChI=1S/C28H29NO4S/c1-15(2)19-14-20(18(5)13-22(19)33-6)25(30)23-24(27-17(4)11-12-34-27)29(28(32)26(23)31)21-10-8-7-9-16(21)3/h7-15,24,30H,1-6H3/b25-23+. The van der Waals surface area contributed by atoms with Gasteiger partial charge >= 0.3 is 0 Å². The quantitative estimate of drug-likeness (QED) is 0.262. The molecule has 1 N–H and O–H groups in total. The Hall–Kier alpha value is -3.38. The number of para-hydroxylation sites is 1. The summed E-state index contributed by atoms with van der Waals surface area (Å²) in [4.78, 5) is 29.2. The lowest BCUT2D eigenvalue weighted by molar-refractivity contribution is -0.132. The van der Waals surface area contributed by atoms with E-state index in [1.807, 2.05) is 82.5 Å².